The zero-order chi connectivity index (χ0) is 14.0. The largest absolute Gasteiger partial charge is 0.322 e. The highest BCUT2D eigenvalue weighted by Crippen LogP contribution is 2.25. The number of amides is 1. The SMILES string of the molecule is Cc1cc(NC(=O)c2cccc(S)c2)cc(C)c1Br. The maximum absolute atomic E-state index is 12.1. The van der Waals surface area contributed by atoms with Crippen LogP contribution in [0.2, 0.25) is 0 Å². The second-order valence-electron chi connectivity index (χ2n) is 4.43. The van der Waals surface area contributed by atoms with Crippen molar-refractivity contribution in [2.75, 3.05) is 5.32 Å². The average molecular weight is 336 g/mol. The van der Waals surface area contributed by atoms with Crippen LogP contribution in [0.3, 0.4) is 0 Å². The monoisotopic (exact) mass is 335 g/mol. The lowest BCUT2D eigenvalue weighted by Crippen LogP contribution is -2.12. The first-order valence-corrected chi connectivity index (χ1v) is 7.08. The lowest BCUT2D eigenvalue weighted by molar-refractivity contribution is 0.102. The molecular weight excluding hydrogens is 322 g/mol. The smallest absolute Gasteiger partial charge is 0.255 e. The van der Waals surface area contributed by atoms with Crippen LogP contribution in [0.1, 0.15) is 21.5 Å². The molecular formula is C15H14BrNOS. The molecule has 0 saturated heterocycles. The second-order valence-corrected chi connectivity index (χ2v) is 5.74. The Morgan fingerprint density at radius 2 is 1.79 bits per heavy atom. The van der Waals surface area contributed by atoms with Gasteiger partial charge in [-0.05, 0) is 55.3 Å². The van der Waals surface area contributed by atoms with Gasteiger partial charge in [0.05, 0.1) is 0 Å². The van der Waals surface area contributed by atoms with E-state index < -0.39 is 0 Å². The molecule has 1 amide bonds. The van der Waals surface area contributed by atoms with Crippen molar-refractivity contribution in [1.82, 2.24) is 0 Å². The summed E-state index contributed by atoms with van der Waals surface area (Å²) in [5.41, 5.74) is 3.59. The zero-order valence-corrected chi connectivity index (χ0v) is 13.2. The molecule has 0 aliphatic carbocycles. The molecule has 0 fully saturated rings. The third kappa shape index (κ3) is 3.39. The molecule has 0 atom stereocenters. The minimum Gasteiger partial charge on any atom is -0.322 e. The number of benzene rings is 2. The highest BCUT2D eigenvalue weighted by atomic mass is 79.9. The number of nitrogens with one attached hydrogen (secondary N) is 1. The van der Waals surface area contributed by atoms with Crippen molar-refractivity contribution in [3.63, 3.8) is 0 Å². The van der Waals surface area contributed by atoms with E-state index in [4.69, 9.17) is 0 Å². The summed E-state index contributed by atoms with van der Waals surface area (Å²) in [6.45, 7) is 4.00. The van der Waals surface area contributed by atoms with Crippen molar-refractivity contribution >= 4 is 40.2 Å². The van der Waals surface area contributed by atoms with Gasteiger partial charge in [-0.2, -0.15) is 0 Å². The molecule has 0 aliphatic heterocycles. The molecule has 0 saturated carbocycles. The average Bonchev–Trinajstić information content (AvgIpc) is 2.36. The predicted molar refractivity (Wildman–Crippen MR) is 85.3 cm³/mol. The van der Waals surface area contributed by atoms with E-state index in [-0.39, 0.29) is 5.91 Å². The number of halogens is 1. The summed E-state index contributed by atoms with van der Waals surface area (Å²) in [5, 5.41) is 2.90. The van der Waals surface area contributed by atoms with Crippen molar-refractivity contribution in [3.8, 4) is 0 Å². The Morgan fingerprint density at radius 3 is 2.37 bits per heavy atom. The van der Waals surface area contributed by atoms with Crippen molar-refractivity contribution in [2.45, 2.75) is 18.7 Å². The van der Waals surface area contributed by atoms with Gasteiger partial charge in [0, 0.05) is 20.6 Å². The predicted octanol–water partition coefficient (Wildman–Crippen LogP) is 4.61. The van der Waals surface area contributed by atoms with Gasteiger partial charge in [0.2, 0.25) is 0 Å². The van der Waals surface area contributed by atoms with Crippen LogP contribution in [-0.2, 0) is 0 Å². The summed E-state index contributed by atoms with van der Waals surface area (Å²) in [4.78, 5) is 12.9. The molecule has 98 valence electrons. The standard InChI is InChI=1S/C15H14BrNOS/c1-9-6-12(7-10(2)14(9)16)17-15(18)11-4-3-5-13(19)8-11/h3-8,19H,1-2H3,(H,17,18). The van der Waals surface area contributed by atoms with Gasteiger partial charge >= 0.3 is 0 Å². The normalized spacial score (nSPS) is 10.3. The summed E-state index contributed by atoms with van der Waals surface area (Å²) >= 11 is 7.75. The highest BCUT2D eigenvalue weighted by Gasteiger charge is 2.08. The van der Waals surface area contributed by atoms with Gasteiger partial charge in [-0.15, -0.1) is 12.6 Å². The van der Waals surface area contributed by atoms with Crippen LogP contribution in [0.25, 0.3) is 0 Å². The minimum absolute atomic E-state index is 0.128. The molecule has 0 unspecified atom stereocenters. The van der Waals surface area contributed by atoms with E-state index in [0.29, 0.717) is 5.56 Å². The molecule has 0 bridgehead atoms. The Kier molecular flexibility index (Phi) is 4.32. The zero-order valence-electron chi connectivity index (χ0n) is 10.7. The van der Waals surface area contributed by atoms with E-state index in [9.17, 15) is 4.79 Å². The van der Waals surface area contributed by atoms with Crippen LogP contribution in [0.4, 0.5) is 5.69 Å². The first-order valence-electron chi connectivity index (χ1n) is 5.84. The summed E-state index contributed by atoms with van der Waals surface area (Å²) in [5.74, 6) is -0.128. The lowest BCUT2D eigenvalue weighted by Gasteiger charge is -2.10. The molecule has 0 radical (unpaired) electrons. The van der Waals surface area contributed by atoms with Gasteiger partial charge in [-0.3, -0.25) is 4.79 Å². The summed E-state index contributed by atoms with van der Waals surface area (Å²) < 4.78 is 1.07. The maximum Gasteiger partial charge on any atom is 0.255 e. The third-order valence-corrected chi connectivity index (χ3v) is 4.33. The molecule has 4 heteroatoms. The maximum atomic E-state index is 12.1. The van der Waals surface area contributed by atoms with Crippen LogP contribution in [0, 0.1) is 13.8 Å². The van der Waals surface area contributed by atoms with Crippen LogP contribution in [-0.4, -0.2) is 5.91 Å². The van der Waals surface area contributed by atoms with Crippen LogP contribution < -0.4 is 5.32 Å². The van der Waals surface area contributed by atoms with Gasteiger partial charge in [0.15, 0.2) is 0 Å². The Labute approximate surface area is 126 Å². The first kappa shape index (κ1) is 14.2. The molecule has 2 nitrogen and oxygen atoms in total. The minimum atomic E-state index is -0.128. The van der Waals surface area contributed by atoms with Crippen LogP contribution in [0.5, 0.6) is 0 Å². The number of carbonyl (C=O) groups is 1. The Morgan fingerprint density at radius 1 is 1.16 bits per heavy atom. The van der Waals surface area contributed by atoms with Gasteiger partial charge in [0.1, 0.15) is 0 Å². The van der Waals surface area contributed by atoms with E-state index in [1.807, 2.05) is 38.1 Å². The summed E-state index contributed by atoms with van der Waals surface area (Å²) in [6, 6.07) is 11.1. The van der Waals surface area contributed by atoms with Crippen molar-refractivity contribution < 1.29 is 4.79 Å². The number of carbonyl (C=O) groups excluding carboxylic acids is 1. The van der Waals surface area contributed by atoms with Crippen LogP contribution >= 0.6 is 28.6 Å². The number of thiol groups is 1. The molecule has 2 aromatic carbocycles. The van der Waals surface area contributed by atoms with Gasteiger partial charge < -0.3 is 5.32 Å². The Bertz CT molecular complexity index is 617. The highest BCUT2D eigenvalue weighted by molar-refractivity contribution is 9.10. The fourth-order valence-electron chi connectivity index (χ4n) is 1.87. The Hall–Kier alpha value is -1.26. The fraction of sp³-hybridized carbons (Fsp3) is 0.133. The number of anilines is 1. The Balaban J connectivity index is 2.24. The van der Waals surface area contributed by atoms with Crippen LogP contribution in [0.15, 0.2) is 45.8 Å². The molecule has 1 N–H and O–H groups in total. The van der Waals surface area contributed by atoms with E-state index in [2.05, 4.69) is 33.9 Å². The van der Waals surface area contributed by atoms with Gasteiger partial charge in [0.25, 0.3) is 5.91 Å². The van der Waals surface area contributed by atoms with Gasteiger partial charge in [-0.25, -0.2) is 0 Å². The third-order valence-electron chi connectivity index (χ3n) is 2.80. The first-order chi connectivity index (χ1) is 8.97. The molecule has 0 aromatic heterocycles. The summed E-state index contributed by atoms with van der Waals surface area (Å²) in [6.07, 6.45) is 0. The van der Waals surface area contributed by atoms with E-state index in [1.165, 1.54) is 0 Å². The molecule has 0 heterocycles. The molecule has 0 aliphatic rings. The quantitative estimate of drug-likeness (QED) is 0.771. The molecule has 19 heavy (non-hydrogen) atoms. The number of hydrogen-bond donors (Lipinski definition) is 2. The van der Waals surface area contributed by atoms with E-state index >= 15 is 0 Å². The summed E-state index contributed by atoms with van der Waals surface area (Å²) in [7, 11) is 0. The molecule has 0 spiro atoms. The van der Waals surface area contributed by atoms with Gasteiger partial charge in [-0.1, -0.05) is 22.0 Å². The van der Waals surface area contributed by atoms with Crippen molar-refractivity contribution in [3.05, 3.63) is 57.6 Å². The molecule has 2 rings (SSSR count). The molecule has 2 aromatic rings. The second kappa shape index (κ2) is 5.80. The van der Waals surface area contributed by atoms with Crippen molar-refractivity contribution in [1.29, 1.82) is 0 Å². The topological polar surface area (TPSA) is 29.1 Å². The fourth-order valence-corrected chi connectivity index (χ4v) is 2.32. The lowest BCUT2D eigenvalue weighted by atomic mass is 10.1. The number of aryl methyl sites for hydroxylation is 2. The van der Waals surface area contributed by atoms with Crippen molar-refractivity contribution in [2.24, 2.45) is 0 Å². The van der Waals surface area contributed by atoms with E-state index in [1.54, 1.807) is 12.1 Å². The van der Waals surface area contributed by atoms with E-state index in [0.717, 1.165) is 26.2 Å². The number of rotatable bonds is 2. The number of hydrogen-bond acceptors (Lipinski definition) is 2.